The summed E-state index contributed by atoms with van der Waals surface area (Å²) in [5.41, 5.74) is 2.66. The first kappa shape index (κ1) is 22.1. The van der Waals surface area contributed by atoms with Crippen LogP contribution >= 0.6 is 0 Å². The summed E-state index contributed by atoms with van der Waals surface area (Å²) in [4.78, 5) is 26.4. The third-order valence-corrected chi connectivity index (χ3v) is 7.34. The van der Waals surface area contributed by atoms with E-state index in [2.05, 4.69) is 5.32 Å². The van der Waals surface area contributed by atoms with Gasteiger partial charge in [0, 0.05) is 23.2 Å². The Balaban J connectivity index is 1.96. The highest BCUT2D eigenvalue weighted by atomic mass is 32.2. The minimum Gasteiger partial charge on any atom is -0.508 e. The van der Waals surface area contributed by atoms with Crippen molar-refractivity contribution in [3.63, 3.8) is 0 Å². The number of phenols is 1. The van der Waals surface area contributed by atoms with E-state index in [0.29, 0.717) is 17.7 Å². The minimum atomic E-state index is -3.91. The number of ether oxygens (including phenoxy) is 1. The van der Waals surface area contributed by atoms with E-state index in [1.807, 2.05) is 33.8 Å². The molecule has 1 unspecified atom stereocenters. The molecule has 1 aliphatic carbocycles. The predicted molar refractivity (Wildman–Crippen MR) is 121 cm³/mol. The molecule has 0 spiro atoms. The maximum atomic E-state index is 13.5. The van der Waals surface area contributed by atoms with Gasteiger partial charge >= 0.3 is 0 Å². The minimum absolute atomic E-state index is 0.0196. The number of phenolic OH excluding ortho intramolecular Hbond substituents is 1. The molecule has 2 N–H and O–H groups in total. The van der Waals surface area contributed by atoms with E-state index in [-0.39, 0.29) is 40.5 Å². The maximum absolute atomic E-state index is 13.5. The molecule has 0 aromatic heterocycles. The van der Waals surface area contributed by atoms with Crippen LogP contribution in [0, 0.1) is 0 Å². The Morgan fingerprint density at radius 1 is 1.16 bits per heavy atom. The second-order valence-electron chi connectivity index (χ2n) is 8.64. The average Bonchev–Trinajstić information content (AvgIpc) is 2.68. The van der Waals surface area contributed by atoms with Gasteiger partial charge in [-0.3, -0.25) is 9.59 Å². The van der Waals surface area contributed by atoms with E-state index in [0.717, 1.165) is 11.1 Å². The SMILES string of the molecule is CC(C)=CCc1cc2c(cc1O)C1=C(C(=O)C3=C(C1=O)S(=O)(=O)CCN3)C(C=C(C)C)O2. The standard InChI is InChI=1S/C24H25NO6S/c1-12(2)5-6-14-10-17-15(11-16(14)26)19-20(18(31-17)9-13(3)4)22(27)21-24(23(19)28)32(29,30)8-7-25-21/h5,9-11,18,25-26H,6-8H2,1-4H3. The van der Waals surface area contributed by atoms with Crippen molar-refractivity contribution in [2.24, 2.45) is 0 Å². The largest absolute Gasteiger partial charge is 0.508 e. The Bertz CT molecular complexity index is 1290. The van der Waals surface area contributed by atoms with Gasteiger partial charge in [-0.05, 0) is 52.3 Å². The molecule has 2 heterocycles. The van der Waals surface area contributed by atoms with Crippen molar-refractivity contribution in [3.8, 4) is 11.5 Å². The van der Waals surface area contributed by atoms with Gasteiger partial charge in [-0.15, -0.1) is 0 Å². The molecule has 0 radical (unpaired) electrons. The molecule has 0 saturated carbocycles. The summed E-state index contributed by atoms with van der Waals surface area (Å²) in [6.07, 6.45) is 3.30. The number of hydrogen-bond donors (Lipinski definition) is 2. The average molecular weight is 456 g/mol. The molecule has 32 heavy (non-hydrogen) atoms. The molecule has 1 atom stereocenters. The number of benzene rings is 1. The number of sulfone groups is 1. The first-order chi connectivity index (χ1) is 15.0. The van der Waals surface area contributed by atoms with Gasteiger partial charge in [-0.25, -0.2) is 8.42 Å². The van der Waals surface area contributed by atoms with Crippen molar-refractivity contribution in [3.05, 3.63) is 62.7 Å². The summed E-state index contributed by atoms with van der Waals surface area (Å²) in [7, 11) is -3.91. The van der Waals surface area contributed by atoms with E-state index in [1.165, 1.54) is 6.07 Å². The number of hydrogen-bond acceptors (Lipinski definition) is 7. The third-order valence-electron chi connectivity index (χ3n) is 5.59. The fourth-order valence-electron chi connectivity index (χ4n) is 4.11. The number of fused-ring (bicyclic) bond motifs is 2. The zero-order chi connectivity index (χ0) is 23.4. The van der Waals surface area contributed by atoms with Crippen molar-refractivity contribution in [2.45, 2.75) is 40.2 Å². The summed E-state index contributed by atoms with van der Waals surface area (Å²) in [6, 6.07) is 3.03. The molecule has 8 heteroatoms. The van der Waals surface area contributed by atoms with Crippen LogP contribution in [0.25, 0.3) is 5.57 Å². The van der Waals surface area contributed by atoms with Crippen molar-refractivity contribution in [1.82, 2.24) is 5.32 Å². The fourth-order valence-corrected chi connectivity index (χ4v) is 5.54. The lowest BCUT2D eigenvalue weighted by molar-refractivity contribution is -0.116. The van der Waals surface area contributed by atoms with Crippen molar-refractivity contribution >= 4 is 27.0 Å². The highest BCUT2D eigenvalue weighted by molar-refractivity contribution is 7.96. The first-order valence-electron chi connectivity index (χ1n) is 10.4. The van der Waals surface area contributed by atoms with Gasteiger partial charge in [0.1, 0.15) is 28.2 Å². The summed E-state index contributed by atoms with van der Waals surface area (Å²) in [6.45, 7) is 7.65. The van der Waals surface area contributed by atoms with E-state index in [4.69, 9.17) is 4.74 Å². The number of carbonyl (C=O) groups excluding carboxylic acids is 2. The Morgan fingerprint density at radius 2 is 1.88 bits per heavy atom. The summed E-state index contributed by atoms with van der Waals surface area (Å²) >= 11 is 0. The molecule has 0 amide bonds. The van der Waals surface area contributed by atoms with Crippen molar-refractivity contribution < 1.29 is 27.9 Å². The van der Waals surface area contributed by atoms with Crippen LogP contribution in [0.3, 0.4) is 0 Å². The van der Waals surface area contributed by atoms with Crippen LogP contribution < -0.4 is 10.1 Å². The molecule has 4 rings (SSSR count). The molecule has 0 bridgehead atoms. The highest BCUT2D eigenvalue weighted by Gasteiger charge is 2.47. The molecule has 0 saturated heterocycles. The van der Waals surface area contributed by atoms with E-state index in [1.54, 1.807) is 12.1 Å². The number of ketones is 2. The summed E-state index contributed by atoms with van der Waals surface area (Å²) in [5.74, 6) is -1.30. The number of allylic oxidation sites excluding steroid dienone is 6. The van der Waals surface area contributed by atoms with Crippen LogP contribution in [0.1, 0.15) is 38.8 Å². The Hall–Kier alpha value is -3.13. The third kappa shape index (κ3) is 3.58. The first-order valence-corrected chi connectivity index (χ1v) is 12.0. The molecule has 1 aromatic carbocycles. The molecular formula is C24H25NO6S. The van der Waals surface area contributed by atoms with Crippen molar-refractivity contribution in [2.75, 3.05) is 12.3 Å². The number of nitrogens with one attached hydrogen (secondary N) is 1. The Morgan fingerprint density at radius 3 is 2.53 bits per heavy atom. The molecular weight excluding hydrogens is 430 g/mol. The quantitative estimate of drug-likeness (QED) is 0.533. The van der Waals surface area contributed by atoms with Crippen LogP contribution in [0.2, 0.25) is 0 Å². The molecule has 168 valence electrons. The molecule has 1 aromatic rings. The lowest BCUT2D eigenvalue weighted by Crippen LogP contribution is -2.44. The number of carbonyl (C=O) groups is 2. The summed E-state index contributed by atoms with van der Waals surface area (Å²) in [5, 5.41) is 13.4. The molecule has 3 aliphatic rings. The van der Waals surface area contributed by atoms with Crippen LogP contribution in [-0.2, 0) is 25.8 Å². The lowest BCUT2D eigenvalue weighted by atomic mass is 9.82. The van der Waals surface area contributed by atoms with Gasteiger partial charge in [0.25, 0.3) is 0 Å². The van der Waals surface area contributed by atoms with Crippen LogP contribution in [0.5, 0.6) is 11.5 Å². The van der Waals surface area contributed by atoms with E-state index < -0.39 is 32.4 Å². The Kier molecular flexibility index (Phi) is 5.36. The zero-order valence-electron chi connectivity index (χ0n) is 18.4. The van der Waals surface area contributed by atoms with Gasteiger partial charge < -0.3 is 15.2 Å². The fraction of sp³-hybridized carbons (Fsp3) is 0.333. The van der Waals surface area contributed by atoms with Gasteiger partial charge in [-0.1, -0.05) is 17.2 Å². The maximum Gasteiger partial charge on any atom is 0.211 e. The number of Topliss-reactive ketones (excluding diaryl/α,β-unsaturated/α-hetero) is 2. The van der Waals surface area contributed by atoms with E-state index >= 15 is 0 Å². The van der Waals surface area contributed by atoms with E-state index in [9.17, 15) is 23.1 Å². The van der Waals surface area contributed by atoms with Gasteiger partial charge in [0.2, 0.25) is 11.6 Å². The number of rotatable bonds is 3. The van der Waals surface area contributed by atoms with Crippen molar-refractivity contribution in [1.29, 1.82) is 0 Å². The number of aromatic hydroxyl groups is 1. The van der Waals surface area contributed by atoms with Gasteiger partial charge in [0.05, 0.1) is 11.3 Å². The zero-order valence-corrected chi connectivity index (χ0v) is 19.2. The summed E-state index contributed by atoms with van der Waals surface area (Å²) < 4.78 is 31.5. The second-order valence-corrected chi connectivity index (χ2v) is 10.7. The monoisotopic (exact) mass is 455 g/mol. The van der Waals surface area contributed by atoms with Gasteiger partial charge in [-0.2, -0.15) is 0 Å². The topological polar surface area (TPSA) is 110 Å². The van der Waals surface area contributed by atoms with Gasteiger partial charge in [0.15, 0.2) is 9.84 Å². The molecule has 2 aliphatic heterocycles. The lowest BCUT2D eigenvalue weighted by Gasteiger charge is -2.34. The van der Waals surface area contributed by atoms with Crippen LogP contribution in [0.15, 0.2) is 51.6 Å². The predicted octanol–water partition coefficient (Wildman–Crippen LogP) is 2.76. The molecule has 7 nitrogen and oxygen atoms in total. The second kappa shape index (κ2) is 7.78. The van der Waals surface area contributed by atoms with Crippen LogP contribution in [0.4, 0.5) is 0 Å². The smallest absolute Gasteiger partial charge is 0.211 e. The Labute approximate surface area is 187 Å². The normalized spacial score (nSPS) is 21.1. The highest BCUT2D eigenvalue weighted by Crippen LogP contribution is 2.45. The van der Waals surface area contributed by atoms with Crippen LogP contribution in [-0.4, -0.2) is 43.5 Å². The molecule has 0 fully saturated rings.